The normalized spacial score (nSPS) is 16.1. The quantitative estimate of drug-likeness (QED) is 0.337. The minimum absolute atomic E-state index is 0. The molecular formula is C8H10N3NaS-. The third-order valence-corrected chi connectivity index (χ3v) is 2.30. The number of hydrogen-bond acceptors (Lipinski definition) is 4. The summed E-state index contributed by atoms with van der Waals surface area (Å²) in [5, 5.41) is 0.471. The van der Waals surface area contributed by atoms with Gasteiger partial charge in [-0.15, -0.1) is 0 Å². The molecular weight excluding hydrogens is 193 g/mol. The molecule has 2 heterocycles. The Hall–Kier alpha value is 0.260. The Balaban J connectivity index is 0.000000845. The van der Waals surface area contributed by atoms with E-state index in [0.717, 1.165) is 25.2 Å². The molecule has 0 unspecified atom stereocenters. The Morgan fingerprint density at radius 2 is 2.31 bits per heavy atom. The maximum Gasteiger partial charge on any atom is 0.0476 e. The Morgan fingerprint density at radius 1 is 1.54 bits per heavy atom. The van der Waals surface area contributed by atoms with E-state index in [1.54, 1.807) is 0 Å². The van der Waals surface area contributed by atoms with Crippen molar-refractivity contribution in [1.82, 2.24) is 14.9 Å². The van der Waals surface area contributed by atoms with Gasteiger partial charge in [0, 0.05) is 71.7 Å². The number of aromatic nitrogens is 2. The van der Waals surface area contributed by atoms with Gasteiger partial charge in [-0.05, 0) is 7.05 Å². The van der Waals surface area contributed by atoms with E-state index in [-0.39, 0.29) is 29.6 Å². The first kappa shape index (κ1) is 11.3. The van der Waals surface area contributed by atoms with Crippen LogP contribution >= 0.6 is 0 Å². The summed E-state index contributed by atoms with van der Waals surface area (Å²) in [6.07, 6.45) is 2.85. The molecule has 1 aromatic heterocycles. The summed E-state index contributed by atoms with van der Waals surface area (Å²) < 4.78 is 0. The molecule has 0 N–H and O–H groups in total. The van der Waals surface area contributed by atoms with Gasteiger partial charge in [0.2, 0.25) is 0 Å². The van der Waals surface area contributed by atoms with Crippen LogP contribution in [-0.2, 0) is 25.6 Å². The van der Waals surface area contributed by atoms with E-state index >= 15 is 0 Å². The minimum Gasteiger partial charge on any atom is -0.740 e. The van der Waals surface area contributed by atoms with Crippen LogP contribution in [0.5, 0.6) is 0 Å². The van der Waals surface area contributed by atoms with Crippen LogP contribution in [0.2, 0.25) is 0 Å². The molecule has 13 heavy (non-hydrogen) atoms. The molecule has 0 aliphatic carbocycles. The van der Waals surface area contributed by atoms with E-state index < -0.39 is 0 Å². The van der Waals surface area contributed by atoms with Crippen molar-refractivity contribution in [3.05, 3.63) is 17.5 Å². The largest absolute Gasteiger partial charge is 0.740 e. The number of nitrogens with zero attached hydrogens (tertiary/aromatic N) is 3. The molecule has 0 saturated heterocycles. The van der Waals surface area contributed by atoms with Gasteiger partial charge in [-0.1, -0.05) is 0 Å². The molecule has 1 aromatic rings. The van der Waals surface area contributed by atoms with Gasteiger partial charge in [0.15, 0.2) is 0 Å². The number of rotatable bonds is 0. The van der Waals surface area contributed by atoms with Crippen LogP contribution in [0.25, 0.3) is 0 Å². The molecule has 0 spiro atoms. The molecule has 0 atom stereocenters. The summed E-state index contributed by atoms with van der Waals surface area (Å²) in [6.45, 7) is 2.02. The number of hydrogen-bond donors (Lipinski definition) is 0. The van der Waals surface area contributed by atoms with Crippen molar-refractivity contribution in [2.45, 2.75) is 18.1 Å². The molecule has 1 radical (unpaired) electrons. The van der Waals surface area contributed by atoms with Crippen LogP contribution in [0.3, 0.4) is 0 Å². The molecule has 0 fully saturated rings. The summed E-state index contributed by atoms with van der Waals surface area (Å²) >= 11 is 4.89. The van der Waals surface area contributed by atoms with Crippen LogP contribution in [0.1, 0.15) is 11.3 Å². The average Bonchev–Trinajstić information content (AvgIpc) is 2.05. The summed E-state index contributed by atoms with van der Waals surface area (Å²) in [7, 11) is 2.10. The molecule has 1 aliphatic rings. The van der Waals surface area contributed by atoms with Gasteiger partial charge >= 0.3 is 0 Å². The van der Waals surface area contributed by atoms with Crippen molar-refractivity contribution in [3.63, 3.8) is 0 Å². The van der Waals surface area contributed by atoms with Crippen molar-refractivity contribution in [2.75, 3.05) is 13.6 Å². The number of likely N-dealkylation sites (N-methyl/N-ethyl adjacent to an activating group) is 1. The monoisotopic (exact) mass is 203 g/mol. The summed E-state index contributed by atoms with van der Waals surface area (Å²) in [5.74, 6) is 0. The predicted molar refractivity (Wildman–Crippen MR) is 53.5 cm³/mol. The number of fused-ring (bicyclic) bond motifs is 1. The minimum atomic E-state index is 0. The maximum absolute atomic E-state index is 4.89. The summed E-state index contributed by atoms with van der Waals surface area (Å²) in [6, 6.07) is 0. The molecule has 0 amide bonds. The molecule has 5 heteroatoms. The van der Waals surface area contributed by atoms with Crippen molar-refractivity contribution >= 4 is 42.2 Å². The van der Waals surface area contributed by atoms with Crippen molar-refractivity contribution < 1.29 is 0 Å². The second-order valence-corrected chi connectivity index (χ2v) is 3.48. The maximum atomic E-state index is 4.89. The van der Waals surface area contributed by atoms with E-state index in [0.29, 0.717) is 5.16 Å². The van der Waals surface area contributed by atoms with Gasteiger partial charge in [0.25, 0.3) is 0 Å². The van der Waals surface area contributed by atoms with E-state index in [2.05, 4.69) is 21.9 Å². The first-order chi connectivity index (χ1) is 5.75. The summed E-state index contributed by atoms with van der Waals surface area (Å²) in [4.78, 5) is 10.5. The zero-order chi connectivity index (χ0) is 8.55. The standard InChI is InChI=1S/C8H11N3S.Na/c1-11-3-2-7-6(5-11)4-9-8(12)10-7;/h4H,2-3,5H2,1H3,(H,9,10,12);/p-1. The Kier molecular flexibility index (Phi) is 4.06. The van der Waals surface area contributed by atoms with E-state index in [1.807, 2.05) is 6.20 Å². The fourth-order valence-corrected chi connectivity index (χ4v) is 1.60. The first-order valence-electron chi connectivity index (χ1n) is 3.96. The Bertz CT molecular complexity index is 305. The van der Waals surface area contributed by atoms with Gasteiger partial charge in [0.05, 0.1) is 0 Å². The van der Waals surface area contributed by atoms with Crippen molar-refractivity contribution in [3.8, 4) is 0 Å². The van der Waals surface area contributed by atoms with Crippen LogP contribution in [0.15, 0.2) is 11.4 Å². The van der Waals surface area contributed by atoms with E-state index in [4.69, 9.17) is 12.6 Å². The van der Waals surface area contributed by atoms with Crippen molar-refractivity contribution in [2.24, 2.45) is 0 Å². The van der Waals surface area contributed by atoms with Crippen LogP contribution in [0, 0.1) is 0 Å². The molecule has 0 bridgehead atoms. The Labute approximate surface area is 106 Å². The van der Waals surface area contributed by atoms with E-state index in [9.17, 15) is 0 Å². The zero-order valence-electron chi connectivity index (χ0n) is 7.95. The van der Waals surface area contributed by atoms with E-state index in [1.165, 1.54) is 5.56 Å². The third kappa shape index (κ3) is 2.60. The topological polar surface area (TPSA) is 29.0 Å². The van der Waals surface area contributed by atoms with Crippen molar-refractivity contribution in [1.29, 1.82) is 0 Å². The zero-order valence-corrected chi connectivity index (χ0v) is 10.8. The fourth-order valence-electron chi connectivity index (χ4n) is 1.44. The predicted octanol–water partition coefficient (Wildman–Crippen LogP) is -0.0105. The van der Waals surface area contributed by atoms with Gasteiger partial charge in [-0.2, -0.15) is 0 Å². The second-order valence-electron chi connectivity index (χ2n) is 3.11. The van der Waals surface area contributed by atoms with Crippen LogP contribution < -0.4 is 0 Å². The smallest absolute Gasteiger partial charge is 0.0476 e. The SMILES string of the molecule is CN1CCc2nc([S-])ncc2C1.[Na]. The molecule has 2 rings (SSSR count). The van der Waals surface area contributed by atoms with Gasteiger partial charge in [-0.3, -0.25) is 9.97 Å². The van der Waals surface area contributed by atoms with Gasteiger partial charge < -0.3 is 17.5 Å². The fraction of sp³-hybridized carbons (Fsp3) is 0.500. The molecule has 65 valence electrons. The Morgan fingerprint density at radius 3 is 3.08 bits per heavy atom. The molecule has 0 saturated carbocycles. The first-order valence-corrected chi connectivity index (χ1v) is 4.37. The second kappa shape index (κ2) is 4.66. The van der Waals surface area contributed by atoms with Crippen LogP contribution in [0.4, 0.5) is 0 Å². The van der Waals surface area contributed by atoms with Crippen LogP contribution in [-0.4, -0.2) is 58.0 Å². The molecule has 1 aliphatic heterocycles. The summed E-state index contributed by atoms with van der Waals surface area (Å²) in [5.41, 5.74) is 2.35. The average molecular weight is 203 g/mol. The van der Waals surface area contributed by atoms with Gasteiger partial charge in [-0.25, -0.2) is 0 Å². The molecule has 3 nitrogen and oxygen atoms in total. The van der Waals surface area contributed by atoms with Gasteiger partial charge in [0.1, 0.15) is 0 Å². The molecule has 0 aromatic carbocycles. The third-order valence-electron chi connectivity index (χ3n) is 2.10.